The number of amides is 1. The number of hydrogen-bond donors (Lipinski definition) is 1. The predicted molar refractivity (Wildman–Crippen MR) is 109 cm³/mol. The number of hydrogen-bond acceptors (Lipinski definition) is 5. The minimum atomic E-state index is -0.141. The van der Waals surface area contributed by atoms with Crippen LogP contribution in [0.15, 0.2) is 60.9 Å². The van der Waals surface area contributed by atoms with Gasteiger partial charge >= 0.3 is 0 Å². The number of benzene rings is 2. The van der Waals surface area contributed by atoms with Gasteiger partial charge in [0.25, 0.3) is 0 Å². The van der Waals surface area contributed by atoms with Crippen LogP contribution >= 0.6 is 0 Å². The third-order valence-electron chi connectivity index (χ3n) is 4.47. The first-order chi connectivity index (χ1) is 14.2. The monoisotopic (exact) mass is 393 g/mol. The molecule has 0 saturated carbocycles. The number of fused-ring (bicyclic) bond motifs is 1. The number of nitrogens with one attached hydrogen (secondary N) is 1. The second kappa shape index (κ2) is 8.68. The van der Waals surface area contributed by atoms with E-state index in [1.54, 1.807) is 17.1 Å². The molecule has 2 heterocycles. The van der Waals surface area contributed by atoms with Crippen LogP contribution < -0.4 is 19.5 Å². The molecule has 1 N–H and O–H groups in total. The van der Waals surface area contributed by atoms with Crippen LogP contribution in [0.5, 0.6) is 17.2 Å². The zero-order valence-electron chi connectivity index (χ0n) is 16.2. The largest absolute Gasteiger partial charge is 0.494 e. The lowest BCUT2D eigenvalue weighted by Crippen LogP contribution is -2.33. The molecule has 29 heavy (non-hydrogen) atoms. The molecular weight excluding hydrogens is 370 g/mol. The number of carbonyl (C=O) groups is 1. The highest BCUT2D eigenvalue weighted by atomic mass is 16.6. The molecule has 2 aromatic carbocycles. The Morgan fingerprint density at radius 3 is 2.79 bits per heavy atom. The standard InChI is InChI=1S/C22H23N3O4/c1-2-27-18-9-7-16(8-10-18)11-22(26)24-17-12-23-25(13-17)14-19-15-28-20-5-3-4-6-21(20)29-19/h3-10,12-13,19H,2,11,14-15H2,1H3,(H,24,26). The number of carbonyl (C=O) groups excluding carboxylic acids is 1. The van der Waals surface area contributed by atoms with Crippen molar-refractivity contribution < 1.29 is 19.0 Å². The number of rotatable bonds is 7. The van der Waals surface area contributed by atoms with Crippen molar-refractivity contribution in [3.8, 4) is 17.2 Å². The van der Waals surface area contributed by atoms with Crippen LogP contribution in [0.25, 0.3) is 0 Å². The Labute approximate surface area is 169 Å². The van der Waals surface area contributed by atoms with Gasteiger partial charge in [0.05, 0.1) is 31.5 Å². The third-order valence-corrected chi connectivity index (χ3v) is 4.47. The lowest BCUT2D eigenvalue weighted by atomic mass is 10.1. The molecule has 1 aromatic heterocycles. The van der Waals surface area contributed by atoms with Crippen molar-refractivity contribution in [3.05, 3.63) is 66.5 Å². The summed E-state index contributed by atoms with van der Waals surface area (Å²) < 4.78 is 18.8. The van der Waals surface area contributed by atoms with Crippen LogP contribution in [-0.2, 0) is 17.8 Å². The van der Waals surface area contributed by atoms with Gasteiger partial charge in [-0.25, -0.2) is 0 Å². The van der Waals surface area contributed by atoms with Gasteiger partial charge in [0.2, 0.25) is 5.91 Å². The molecule has 3 aromatic rings. The van der Waals surface area contributed by atoms with Gasteiger partial charge in [0.15, 0.2) is 17.6 Å². The minimum absolute atomic E-state index is 0.0973. The Balaban J connectivity index is 1.29. The molecule has 0 saturated heterocycles. The van der Waals surface area contributed by atoms with Crippen molar-refractivity contribution in [2.75, 3.05) is 18.5 Å². The average Bonchev–Trinajstić information content (AvgIpc) is 3.16. The summed E-state index contributed by atoms with van der Waals surface area (Å²) in [6, 6.07) is 15.1. The van der Waals surface area contributed by atoms with Crippen molar-refractivity contribution >= 4 is 11.6 Å². The maximum atomic E-state index is 12.3. The van der Waals surface area contributed by atoms with Gasteiger partial charge in [-0.05, 0) is 36.8 Å². The average molecular weight is 393 g/mol. The molecule has 1 atom stereocenters. The van der Waals surface area contributed by atoms with Crippen molar-refractivity contribution in [1.82, 2.24) is 9.78 Å². The van der Waals surface area contributed by atoms with Crippen LogP contribution in [0.2, 0.25) is 0 Å². The number of para-hydroxylation sites is 2. The van der Waals surface area contributed by atoms with Gasteiger partial charge in [0.1, 0.15) is 12.4 Å². The summed E-state index contributed by atoms with van der Waals surface area (Å²) in [5.74, 6) is 2.20. The Bertz CT molecular complexity index is 968. The molecular formula is C22H23N3O4. The summed E-state index contributed by atoms with van der Waals surface area (Å²) >= 11 is 0. The SMILES string of the molecule is CCOc1ccc(CC(=O)Nc2cnn(CC3COc4ccccc4O3)c2)cc1. The molecule has 0 radical (unpaired) electrons. The molecule has 1 aliphatic rings. The fourth-order valence-corrected chi connectivity index (χ4v) is 3.15. The van der Waals surface area contributed by atoms with Crippen molar-refractivity contribution in [3.63, 3.8) is 0 Å². The van der Waals surface area contributed by atoms with Gasteiger partial charge in [-0.2, -0.15) is 5.10 Å². The van der Waals surface area contributed by atoms with Gasteiger partial charge in [-0.1, -0.05) is 24.3 Å². The van der Waals surface area contributed by atoms with Crippen molar-refractivity contribution in [1.29, 1.82) is 0 Å². The first-order valence-electron chi connectivity index (χ1n) is 9.62. The number of ether oxygens (including phenoxy) is 3. The van der Waals surface area contributed by atoms with E-state index in [0.717, 1.165) is 22.8 Å². The summed E-state index contributed by atoms with van der Waals surface area (Å²) in [5, 5.41) is 7.19. The van der Waals surface area contributed by atoms with Gasteiger partial charge in [-0.3, -0.25) is 9.48 Å². The molecule has 0 spiro atoms. The Kier molecular flexibility index (Phi) is 5.65. The summed E-state index contributed by atoms with van der Waals surface area (Å²) in [5.41, 5.74) is 1.57. The van der Waals surface area contributed by atoms with Crippen LogP contribution in [0.1, 0.15) is 12.5 Å². The van der Waals surface area contributed by atoms with E-state index in [9.17, 15) is 4.79 Å². The predicted octanol–water partition coefficient (Wildman–Crippen LogP) is 3.30. The molecule has 1 unspecified atom stereocenters. The summed E-state index contributed by atoms with van der Waals surface area (Å²) in [7, 11) is 0. The second-order valence-corrected chi connectivity index (χ2v) is 6.75. The van der Waals surface area contributed by atoms with E-state index in [0.29, 0.717) is 25.4 Å². The molecule has 0 bridgehead atoms. The quantitative estimate of drug-likeness (QED) is 0.667. The number of aromatic nitrogens is 2. The van der Waals surface area contributed by atoms with E-state index in [1.165, 1.54) is 0 Å². The Hall–Kier alpha value is -3.48. The summed E-state index contributed by atoms with van der Waals surface area (Å²) in [6.45, 7) is 3.54. The Morgan fingerprint density at radius 1 is 1.21 bits per heavy atom. The number of nitrogens with zero attached hydrogens (tertiary/aromatic N) is 2. The zero-order chi connectivity index (χ0) is 20.1. The third kappa shape index (κ3) is 4.87. The van der Waals surface area contributed by atoms with E-state index >= 15 is 0 Å². The second-order valence-electron chi connectivity index (χ2n) is 6.75. The molecule has 4 rings (SSSR count). The molecule has 1 aliphatic heterocycles. The summed E-state index contributed by atoms with van der Waals surface area (Å²) in [6.07, 6.45) is 3.57. The highest BCUT2D eigenvalue weighted by Gasteiger charge is 2.21. The smallest absolute Gasteiger partial charge is 0.228 e. The maximum Gasteiger partial charge on any atom is 0.228 e. The van der Waals surface area contributed by atoms with Gasteiger partial charge < -0.3 is 19.5 Å². The molecule has 0 aliphatic carbocycles. The van der Waals surface area contributed by atoms with E-state index in [1.807, 2.05) is 55.5 Å². The first kappa shape index (κ1) is 18.9. The normalized spacial score (nSPS) is 15.0. The first-order valence-corrected chi connectivity index (χ1v) is 9.62. The van der Waals surface area contributed by atoms with E-state index in [-0.39, 0.29) is 18.4 Å². The van der Waals surface area contributed by atoms with Gasteiger partial charge in [-0.15, -0.1) is 0 Å². The van der Waals surface area contributed by atoms with Crippen LogP contribution in [-0.4, -0.2) is 35.0 Å². The topological polar surface area (TPSA) is 74.6 Å². The zero-order valence-corrected chi connectivity index (χ0v) is 16.2. The van der Waals surface area contributed by atoms with Crippen LogP contribution in [0.3, 0.4) is 0 Å². The fraction of sp³-hybridized carbons (Fsp3) is 0.273. The van der Waals surface area contributed by atoms with E-state index in [4.69, 9.17) is 14.2 Å². The molecule has 150 valence electrons. The molecule has 0 fully saturated rings. The molecule has 7 nitrogen and oxygen atoms in total. The summed E-state index contributed by atoms with van der Waals surface area (Å²) in [4.78, 5) is 12.3. The molecule has 7 heteroatoms. The minimum Gasteiger partial charge on any atom is -0.494 e. The fourth-order valence-electron chi connectivity index (χ4n) is 3.15. The lowest BCUT2D eigenvalue weighted by Gasteiger charge is -2.26. The Morgan fingerprint density at radius 2 is 2.00 bits per heavy atom. The lowest BCUT2D eigenvalue weighted by molar-refractivity contribution is -0.115. The highest BCUT2D eigenvalue weighted by Crippen LogP contribution is 2.31. The van der Waals surface area contributed by atoms with Crippen LogP contribution in [0, 0.1) is 0 Å². The van der Waals surface area contributed by atoms with Crippen molar-refractivity contribution in [2.24, 2.45) is 0 Å². The maximum absolute atomic E-state index is 12.3. The van der Waals surface area contributed by atoms with E-state index in [2.05, 4.69) is 10.4 Å². The van der Waals surface area contributed by atoms with E-state index < -0.39 is 0 Å². The van der Waals surface area contributed by atoms with Crippen LogP contribution in [0.4, 0.5) is 5.69 Å². The highest BCUT2D eigenvalue weighted by molar-refractivity contribution is 5.92. The van der Waals surface area contributed by atoms with Crippen molar-refractivity contribution in [2.45, 2.75) is 26.0 Å². The number of anilines is 1. The molecule has 1 amide bonds. The van der Waals surface area contributed by atoms with Gasteiger partial charge in [0, 0.05) is 6.20 Å².